The molecule has 0 N–H and O–H groups in total. The van der Waals surface area contributed by atoms with Gasteiger partial charge in [0.15, 0.2) is 6.29 Å². The molecule has 1 saturated heterocycles. The van der Waals surface area contributed by atoms with Crippen LogP contribution in [0.1, 0.15) is 36.5 Å². The summed E-state index contributed by atoms with van der Waals surface area (Å²) in [6.07, 6.45) is 5.38. The molecule has 2 rings (SSSR count). The fourth-order valence-corrected chi connectivity index (χ4v) is 2.44. The molecule has 1 aliphatic heterocycles. The van der Waals surface area contributed by atoms with Crippen molar-refractivity contribution in [3.05, 3.63) is 17.0 Å². The molecule has 0 aliphatic carbocycles. The number of ether oxygens (including phenoxy) is 1. The number of aromatic nitrogens is 2. The molecular weight excluding hydrogens is 266 g/mol. The van der Waals surface area contributed by atoms with Gasteiger partial charge in [0.1, 0.15) is 17.3 Å². The van der Waals surface area contributed by atoms with Crippen LogP contribution >= 0.6 is 11.6 Å². The van der Waals surface area contributed by atoms with Crippen molar-refractivity contribution in [1.82, 2.24) is 9.97 Å². The van der Waals surface area contributed by atoms with E-state index < -0.39 is 0 Å². The average Bonchev–Trinajstić information content (AvgIpc) is 2.45. The van der Waals surface area contributed by atoms with Crippen molar-refractivity contribution in [2.45, 2.75) is 32.3 Å². The number of anilines is 1. The fraction of sp³-hybridized carbons (Fsp3) is 0.615. The molecule has 0 saturated carbocycles. The Balaban J connectivity index is 2.13. The predicted octanol–water partition coefficient (Wildman–Crippen LogP) is 2.34. The van der Waals surface area contributed by atoms with Crippen molar-refractivity contribution >= 4 is 23.7 Å². The Morgan fingerprint density at radius 3 is 3.16 bits per heavy atom. The first-order chi connectivity index (χ1) is 9.26. The van der Waals surface area contributed by atoms with Gasteiger partial charge < -0.3 is 9.64 Å². The van der Waals surface area contributed by atoms with E-state index in [-0.39, 0.29) is 11.3 Å². The summed E-state index contributed by atoms with van der Waals surface area (Å²) in [7, 11) is 0. The highest BCUT2D eigenvalue weighted by Crippen LogP contribution is 2.25. The van der Waals surface area contributed by atoms with Gasteiger partial charge >= 0.3 is 0 Å². The summed E-state index contributed by atoms with van der Waals surface area (Å²) in [6, 6.07) is 0. The second-order valence-electron chi connectivity index (χ2n) is 4.60. The zero-order valence-corrected chi connectivity index (χ0v) is 11.8. The highest BCUT2D eigenvalue weighted by molar-refractivity contribution is 6.32. The normalized spacial score (nSPS) is 19.5. The van der Waals surface area contributed by atoms with Gasteiger partial charge in [-0.25, -0.2) is 9.97 Å². The van der Waals surface area contributed by atoms with E-state index in [0.717, 1.165) is 39.0 Å². The molecule has 19 heavy (non-hydrogen) atoms. The zero-order valence-electron chi connectivity index (χ0n) is 11.0. The van der Waals surface area contributed by atoms with Gasteiger partial charge in [-0.1, -0.05) is 18.5 Å². The Morgan fingerprint density at radius 1 is 1.58 bits per heavy atom. The zero-order chi connectivity index (χ0) is 13.7. The Hall–Kier alpha value is -1.20. The SMILES string of the molecule is CCCOC1CCCN(c2ncnc(Cl)c2C=O)C1. The van der Waals surface area contributed by atoms with E-state index in [9.17, 15) is 4.79 Å². The summed E-state index contributed by atoms with van der Waals surface area (Å²) in [4.78, 5) is 21.2. The van der Waals surface area contributed by atoms with E-state index in [4.69, 9.17) is 16.3 Å². The summed E-state index contributed by atoms with van der Waals surface area (Å²) < 4.78 is 5.78. The van der Waals surface area contributed by atoms with E-state index in [0.29, 0.717) is 17.7 Å². The third kappa shape index (κ3) is 3.42. The van der Waals surface area contributed by atoms with Crippen LogP contribution in [-0.2, 0) is 4.74 Å². The maximum atomic E-state index is 11.1. The summed E-state index contributed by atoms with van der Waals surface area (Å²) in [5, 5.41) is 0.205. The molecule has 1 aromatic heterocycles. The maximum absolute atomic E-state index is 11.1. The molecular formula is C13H18ClN3O2. The number of piperidine rings is 1. The third-order valence-corrected chi connectivity index (χ3v) is 3.47. The molecule has 1 atom stereocenters. The molecule has 0 bridgehead atoms. The van der Waals surface area contributed by atoms with Crippen molar-refractivity contribution in [2.75, 3.05) is 24.6 Å². The van der Waals surface area contributed by atoms with Gasteiger partial charge in [0.05, 0.1) is 11.7 Å². The summed E-state index contributed by atoms with van der Waals surface area (Å²) in [6.45, 7) is 4.47. The lowest BCUT2D eigenvalue weighted by molar-refractivity contribution is 0.0438. The lowest BCUT2D eigenvalue weighted by Gasteiger charge is -2.34. The summed E-state index contributed by atoms with van der Waals surface area (Å²) >= 11 is 5.93. The lowest BCUT2D eigenvalue weighted by Crippen LogP contribution is -2.40. The van der Waals surface area contributed by atoms with Crippen molar-refractivity contribution in [3.8, 4) is 0 Å². The van der Waals surface area contributed by atoms with Gasteiger partial charge in [0, 0.05) is 19.7 Å². The second-order valence-corrected chi connectivity index (χ2v) is 4.96. The topological polar surface area (TPSA) is 55.3 Å². The first-order valence-electron chi connectivity index (χ1n) is 6.58. The molecule has 6 heteroatoms. The molecule has 5 nitrogen and oxygen atoms in total. The molecule has 1 aliphatic rings. The number of carbonyl (C=O) groups is 1. The van der Waals surface area contributed by atoms with E-state index >= 15 is 0 Å². The molecule has 1 aromatic rings. The van der Waals surface area contributed by atoms with E-state index in [1.807, 2.05) is 0 Å². The number of hydrogen-bond acceptors (Lipinski definition) is 5. The highest BCUT2D eigenvalue weighted by atomic mass is 35.5. The Morgan fingerprint density at radius 2 is 2.42 bits per heavy atom. The van der Waals surface area contributed by atoms with Crippen molar-refractivity contribution in [2.24, 2.45) is 0 Å². The molecule has 2 heterocycles. The summed E-state index contributed by atoms with van der Waals surface area (Å²) in [5.74, 6) is 0.611. The first-order valence-corrected chi connectivity index (χ1v) is 6.96. The van der Waals surface area contributed by atoms with Gasteiger partial charge in [0.2, 0.25) is 0 Å². The number of hydrogen-bond donors (Lipinski definition) is 0. The average molecular weight is 284 g/mol. The molecule has 1 fully saturated rings. The van der Waals surface area contributed by atoms with Crippen molar-refractivity contribution < 1.29 is 9.53 Å². The van der Waals surface area contributed by atoms with E-state index in [2.05, 4.69) is 21.8 Å². The van der Waals surface area contributed by atoms with Crippen LogP contribution in [0.3, 0.4) is 0 Å². The maximum Gasteiger partial charge on any atom is 0.156 e. The van der Waals surface area contributed by atoms with Gasteiger partial charge in [-0.05, 0) is 19.3 Å². The standard InChI is InChI=1S/C13H18ClN3O2/c1-2-6-19-10-4-3-5-17(7-10)13-11(8-18)12(14)15-9-16-13/h8-10H,2-7H2,1H3. The van der Waals surface area contributed by atoms with Crippen molar-refractivity contribution in [1.29, 1.82) is 0 Å². The fourth-order valence-electron chi connectivity index (χ4n) is 2.27. The smallest absolute Gasteiger partial charge is 0.156 e. The monoisotopic (exact) mass is 283 g/mol. The molecule has 0 radical (unpaired) electrons. The van der Waals surface area contributed by atoms with E-state index in [1.165, 1.54) is 6.33 Å². The molecule has 0 amide bonds. The Kier molecular flexibility index (Phi) is 5.10. The van der Waals surface area contributed by atoms with Crippen LogP contribution in [0, 0.1) is 0 Å². The van der Waals surface area contributed by atoms with Crippen LogP contribution in [0.5, 0.6) is 0 Å². The van der Waals surface area contributed by atoms with E-state index in [1.54, 1.807) is 0 Å². The molecule has 104 valence electrons. The van der Waals surface area contributed by atoms with Crippen LogP contribution in [-0.4, -0.2) is 42.1 Å². The largest absolute Gasteiger partial charge is 0.376 e. The third-order valence-electron chi connectivity index (χ3n) is 3.17. The Bertz CT molecular complexity index is 442. The van der Waals surface area contributed by atoms with Crippen molar-refractivity contribution in [3.63, 3.8) is 0 Å². The van der Waals surface area contributed by atoms with Gasteiger partial charge in [-0.3, -0.25) is 4.79 Å². The first kappa shape index (κ1) is 14.2. The van der Waals surface area contributed by atoms with Gasteiger partial charge in [-0.15, -0.1) is 0 Å². The highest BCUT2D eigenvalue weighted by Gasteiger charge is 2.24. The lowest BCUT2D eigenvalue weighted by atomic mass is 10.1. The minimum atomic E-state index is 0.196. The molecule has 0 spiro atoms. The van der Waals surface area contributed by atoms with Crippen LogP contribution < -0.4 is 4.90 Å². The van der Waals surface area contributed by atoms with Crippen LogP contribution in [0.4, 0.5) is 5.82 Å². The number of rotatable bonds is 5. The second kappa shape index (κ2) is 6.82. The van der Waals surface area contributed by atoms with Gasteiger partial charge in [0.25, 0.3) is 0 Å². The number of carbonyl (C=O) groups excluding carboxylic acids is 1. The molecule has 1 unspecified atom stereocenters. The molecule has 0 aromatic carbocycles. The van der Waals surface area contributed by atoms with Gasteiger partial charge in [-0.2, -0.15) is 0 Å². The number of nitrogens with zero attached hydrogens (tertiary/aromatic N) is 3. The quantitative estimate of drug-likeness (QED) is 0.613. The minimum Gasteiger partial charge on any atom is -0.376 e. The number of halogens is 1. The summed E-state index contributed by atoms with van der Waals surface area (Å²) in [5.41, 5.74) is 0.361. The van der Waals surface area contributed by atoms with Crippen LogP contribution in [0.15, 0.2) is 6.33 Å². The van der Waals surface area contributed by atoms with Crippen LogP contribution in [0.25, 0.3) is 0 Å². The minimum absolute atomic E-state index is 0.196. The predicted molar refractivity (Wildman–Crippen MR) is 73.9 cm³/mol. The number of aldehydes is 1. The Labute approximate surface area is 117 Å². The van der Waals surface area contributed by atoms with Crippen LogP contribution in [0.2, 0.25) is 5.15 Å².